The van der Waals surface area contributed by atoms with Crippen LogP contribution in [0.1, 0.15) is 30.6 Å². The van der Waals surface area contributed by atoms with E-state index in [1.165, 1.54) is 6.07 Å². The van der Waals surface area contributed by atoms with Gasteiger partial charge in [-0.3, -0.25) is 4.79 Å². The number of rotatable bonds is 5. The lowest BCUT2D eigenvalue weighted by Gasteiger charge is -2.21. The van der Waals surface area contributed by atoms with Crippen molar-refractivity contribution in [3.8, 4) is 0 Å². The number of nitrogens with one attached hydrogen (secondary N) is 1. The molecule has 2 N–H and O–H groups in total. The average molecular weight is 308 g/mol. The Morgan fingerprint density at radius 1 is 1.37 bits per heavy atom. The van der Waals surface area contributed by atoms with E-state index >= 15 is 0 Å². The van der Waals surface area contributed by atoms with Crippen LogP contribution in [0.5, 0.6) is 0 Å². The second kappa shape index (κ2) is 7.08. The lowest BCUT2D eigenvalue weighted by atomic mass is 10.0. The van der Waals surface area contributed by atoms with E-state index in [4.69, 9.17) is 28.3 Å². The molecular weight excluding hydrogens is 292 g/mol. The van der Waals surface area contributed by atoms with Crippen LogP contribution in [0.25, 0.3) is 0 Å². The van der Waals surface area contributed by atoms with Crippen LogP contribution >= 0.6 is 23.2 Å². The molecular formula is C13H16Cl2FNO2. The third kappa shape index (κ3) is 4.34. The van der Waals surface area contributed by atoms with Crippen LogP contribution < -0.4 is 5.32 Å². The molecule has 0 aromatic heterocycles. The normalized spacial score (nSPS) is 12.6. The van der Waals surface area contributed by atoms with Crippen molar-refractivity contribution in [1.82, 2.24) is 5.32 Å². The Morgan fingerprint density at radius 2 is 2.00 bits per heavy atom. The number of amides is 1. The number of aliphatic hydroxyl groups is 1. The van der Waals surface area contributed by atoms with Gasteiger partial charge in [-0.2, -0.15) is 0 Å². The molecule has 0 saturated carbocycles. The Morgan fingerprint density at radius 3 is 2.53 bits per heavy atom. The number of aliphatic hydroxyl groups excluding tert-OH is 1. The maximum absolute atomic E-state index is 13.4. The molecule has 0 spiro atoms. The highest BCUT2D eigenvalue weighted by Crippen LogP contribution is 2.24. The van der Waals surface area contributed by atoms with Gasteiger partial charge in [0.15, 0.2) is 0 Å². The van der Waals surface area contributed by atoms with E-state index in [-0.39, 0.29) is 34.2 Å². The summed E-state index contributed by atoms with van der Waals surface area (Å²) >= 11 is 11.4. The first-order valence-electron chi connectivity index (χ1n) is 5.93. The zero-order valence-corrected chi connectivity index (χ0v) is 12.2. The average Bonchev–Trinajstić information content (AvgIpc) is 2.32. The molecule has 1 unspecified atom stereocenters. The molecule has 0 saturated heterocycles. The fourth-order valence-electron chi connectivity index (χ4n) is 1.65. The van der Waals surface area contributed by atoms with Crippen LogP contribution in [0, 0.1) is 11.7 Å². The second-order valence-corrected chi connectivity index (χ2v) is 5.40. The Balaban J connectivity index is 2.91. The molecule has 0 aliphatic carbocycles. The Bertz CT molecular complexity index is 466. The third-order valence-electron chi connectivity index (χ3n) is 2.82. The van der Waals surface area contributed by atoms with E-state index in [1.807, 2.05) is 13.8 Å². The summed E-state index contributed by atoms with van der Waals surface area (Å²) in [5, 5.41) is 11.6. The van der Waals surface area contributed by atoms with Crippen molar-refractivity contribution in [2.75, 3.05) is 6.61 Å². The molecule has 0 aliphatic heterocycles. The third-order valence-corrected chi connectivity index (χ3v) is 3.42. The summed E-state index contributed by atoms with van der Waals surface area (Å²) in [6, 6.07) is 2.01. The minimum absolute atomic E-state index is 0.0344. The molecule has 1 aromatic carbocycles. The molecule has 1 atom stereocenters. The van der Waals surface area contributed by atoms with E-state index in [0.29, 0.717) is 6.42 Å². The van der Waals surface area contributed by atoms with Crippen LogP contribution in [0.15, 0.2) is 12.1 Å². The summed E-state index contributed by atoms with van der Waals surface area (Å²) in [6.45, 7) is 3.81. The molecule has 1 rings (SSSR count). The molecule has 0 aliphatic rings. The molecule has 1 aromatic rings. The molecule has 6 heteroatoms. The molecule has 0 fully saturated rings. The Hall–Kier alpha value is -0.840. The summed E-state index contributed by atoms with van der Waals surface area (Å²) in [6.07, 6.45) is 0.428. The molecule has 0 bridgehead atoms. The van der Waals surface area contributed by atoms with Gasteiger partial charge in [0, 0.05) is 12.6 Å². The maximum Gasteiger partial charge on any atom is 0.253 e. The van der Waals surface area contributed by atoms with Crippen LogP contribution in [0.4, 0.5) is 4.39 Å². The fraction of sp³-hybridized carbons (Fsp3) is 0.462. The molecule has 0 heterocycles. The summed E-state index contributed by atoms with van der Waals surface area (Å²) in [5.41, 5.74) is 0.0344. The van der Waals surface area contributed by atoms with Crippen molar-refractivity contribution in [2.24, 2.45) is 5.92 Å². The number of carbonyl (C=O) groups excluding carboxylic acids is 1. The van der Waals surface area contributed by atoms with Gasteiger partial charge >= 0.3 is 0 Å². The number of halogens is 3. The first-order valence-corrected chi connectivity index (χ1v) is 6.68. The Kier molecular flexibility index (Phi) is 6.04. The van der Waals surface area contributed by atoms with E-state index < -0.39 is 11.7 Å². The fourth-order valence-corrected chi connectivity index (χ4v) is 2.12. The standard InChI is InChI=1S/C13H16Cl2FNO2/c1-7(2)12(3-4-18)17-13(19)8-5-11(16)10(15)6-9(8)14/h5-7,12,18H,3-4H2,1-2H3,(H,17,19). The highest BCUT2D eigenvalue weighted by atomic mass is 35.5. The number of hydrogen-bond donors (Lipinski definition) is 2. The van der Waals surface area contributed by atoms with Gasteiger partial charge in [-0.05, 0) is 24.5 Å². The highest BCUT2D eigenvalue weighted by molar-refractivity contribution is 6.36. The van der Waals surface area contributed by atoms with Crippen molar-refractivity contribution < 1.29 is 14.3 Å². The lowest BCUT2D eigenvalue weighted by molar-refractivity contribution is 0.0916. The van der Waals surface area contributed by atoms with E-state index in [2.05, 4.69) is 5.32 Å². The van der Waals surface area contributed by atoms with Crippen molar-refractivity contribution in [1.29, 1.82) is 0 Å². The minimum atomic E-state index is -0.695. The van der Waals surface area contributed by atoms with Gasteiger partial charge in [-0.1, -0.05) is 37.0 Å². The topological polar surface area (TPSA) is 49.3 Å². The minimum Gasteiger partial charge on any atom is -0.396 e. The van der Waals surface area contributed by atoms with Gasteiger partial charge in [-0.25, -0.2) is 4.39 Å². The molecule has 1 amide bonds. The number of hydrogen-bond acceptors (Lipinski definition) is 2. The summed E-state index contributed by atoms with van der Waals surface area (Å²) in [7, 11) is 0. The predicted octanol–water partition coefficient (Wildman–Crippen LogP) is 3.27. The van der Waals surface area contributed by atoms with Gasteiger partial charge in [-0.15, -0.1) is 0 Å². The van der Waals surface area contributed by atoms with Gasteiger partial charge in [0.2, 0.25) is 0 Å². The Labute approximate surface area is 121 Å². The van der Waals surface area contributed by atoms with Gasteiger partial charge < -0.3 is 10.4 Å². The van der Waals surface area contributed by atoms with E-state index in [9.17, 15) is 9.18 Å². The van der Waals surface area contributed by atoms with E-state index in [0.717, 1.165) is 6.07 Å². The number of benzene rings is 1. The zero-order valence-electron chi connectivity index (χ0n) is 10.7. The maximum atomic E-state index is 13.4. The second-order valence-electron chi connectivity index (χ2n) is 4.58. The van der Waals surface area contributed by atoms with Gasteiger partial charge in [0.25, 0.3) is 5.91 Å². The van der Waals surface area contributed by atoms with Crippen molar-refractivity contribution in [3.05, 3.63) is 33.6 Å². The molecule has 0 radical (unpaired) electrons. The first-order chi connectivity index (χ1) is 8.86. The summed E-state index contributed by atoms with van der Waals surface area (Å²) in [5.74, 6) is -1.03. The van der Waals surface area contributed by atoms with Gasteiger partial charge in [0.05, 0.1) is 15.6 Å². The molecule has 19 heavy (non-hydrogen) atoms. The zero-order chi connectivity index (χ0) is 14.6. The monoisotopic (exact) mass is 307 g/mol. The van der Waals surface area contributed by atoms with Crippen LogP contribution in [-0.2, 0) is 0 Å². The van der Waals surface area contributed by atoms with E-state index in [1.54, 1.807) is 0 Å². The van der Waals surface area contributed by atoms with Crippen LogP contribution in [0.3, 0.4) is 0 Å². The predicted molar refractivity (Wildman–Crippen MR) is 74.2 cm³/mol. The summed E-state index contributed by atoms with van der Waals surface area (Å²) < 4.78 is 13.4. The van der Waals surface area contributed by atoms with Crippen LogP contribution in [0.2, 0.25) is 10.0 Å². The molecule has 3 nitrogen and oxygen atoms in total. The molecule has 106 valence electrons. The van der Waals surface area contributed by atoms with Crippen LogP contribution in [-0.4, -0.2) is 23.7 Å². The quantitative estimate of drug-likeness (QED) is 0.820. The lowest BCUT2D eigenvalue weighted by Crippen LogP contribution is -2.39. The SMILES string of the molecule is CC(C)C(CCO)NC(=O)c1cc(F)c(Cl)cc1Cl. The highest BCUT2D eigenvalue weighted by Gasteiger charge is 2.19. The first kappa shape index (κ1) is 16.2. The largest absolute Gasteiger partial charge is 0.396 e. The van der Waals surface area contributed by atoms with Gasteiger partial charge in [0.1, 0.15) is 5.82 Å². The number of carbonyl (C=O) groups is 1. The smallest absolute Gasteiger partial charge is 0.253 e. The van der Waals surface area contributed by atoms with Crippen molar-refractivity contribution >= 4 is 29.1 Å². The van der Waals surface area contributed by atoms with Crippen molar-refractivity contribution in [2.45, 2.75) is 26.3 Å². The van der Waals surface area contributed by atoms with Crippen molar-refractivity contribution in [3.63, 3.8) is 0 Å². The summed E-state index contributed by atoms with van der Waals surface area (Å²) in [4.78, 5) is 12.0.